The van der Waals surface area contributed by atoms with Crippen LogP contribution in [-0.2, 0) is 11.2 Å². The van der Waals surface area contributed by atoms with Crippen LogP contribution in [-0.4, -0.2) is 12.5 Å². The van der Waals surface area contributed by atoms with Crippen molar-refractivity contribution in [3.8, 4) is 0 Å². The molecule has 2 nitrogen and oxygen atoms in total. The Morgan fingerprint density at radius 3 is 2.33 bits per heavy atom. The van der Waals surface area contributed by atoms with E-state index in [2.05, 4.69) is 29.3 Å². The molecule has 2 heteroatoms. The van der Waals surface area contributed by atoms with Gasteiger partial charge < -0.3 is 4.74 Å². The molecule has 90 valence electrons. The molecule has 1 heterocycles. The summed E-state index contributed by atoms with van der Waals surface area (Å²) in [4.78, 5) is 4.65. The highest BCUT2D eigenvalue weighted by Gasteiger charge is 2.20. The van der Waals surface area contributed by atoms with Crippen molar-refractivity contribution in [2.75, 3.05) is 6.61 Å². The summed E-state index contributed by atoms with van der Waals surface area (Å²) in [5.74, 6) is 0.843. The molecule has 0 radical (unpaired) electrons. The van der Waals surface area contributed by atoms with Crippen LogP contribution >= 0.6 is 0 Å². The van der Waals surface area contributed by atoms with E-state index in [1.165, 1.54) is 11.1 Å². The average molecular weight is 237 g/mol. The second-order valence-electron chi connectivity index (χ2n) is 4.42. The van der Waals surface area contributed by atoms with E-state index in [0.717, 1.165) is 12.3 Å². The molecule has 2 aromatic rings. The van der Waals surface area contributed by atoms with Crippen molar-refractivity contribution in [3.05, 3.63) is 71.8 Å². The lowest BCUT2D eigenvalue weighted by molar-refractivity contribution is 0.313. The summed E-state index contributed by atoms with van der Waals surface area (Å²) in [5, 5.41) is 0. The Hall–Kier alpha value is -2.09. The molecule has 0 aromatic heterocycles. The van der Waals surface area contributed by atoms with Crippen LogP contribution in [0.25, 0.3) is 0 Å². The van der Waals surface area contributed by atoms with Gasteiger partial charge in [-0.15, -0.1) is 0 Å². The van der Waals surface area contributed by atoms with E-state index in [0.29, 0.717) is 6.61 Å². The number of benzene rings is 2. The maximum atomic E-state index is 5.67. The van der Waals surface area contributed by atoms with Crippen LogP contribution in [0.4, 0.5) is 0 Å². The third-order valence-corrected chi connectivity index (χ3v) is 3.09. The predicted octanol–water partition coefficient (Wildman–Crippen LogP) is 3.40. The van der Waals surface area contributed by atoms with Gasteiger partial charge in [-0.25, -0.2) is 4.99 Å². The minimum Gasteiger partial charge on any atom is -0.478 e. The smallest absolute Gasteiger partial charge is 0.188 e. The van der Waals surface area contributed by atoms with Crippen LogP contribution in [0, 0.1) is 0 Å². The van der Waals surface area contributed by atoms with Crippen molar-refractivity contribution in [3.63, 3.8) is 0 Å². The molecular weight excluding hydrogens is 222 g/mol. The SMILES string of the molecule is c1ccc(CC2=N[C@H](c3ccccc3)CO2)cc1. The minimum absolute atomic E-state index is 0.157. The number of nitrogens with zero attached hydrogens (tertiary/aromatic N) is 1. The van der Waals surface area contributed by atoms with Crippen molar-refractivity contribution >= 4 is 5.90 Å². The number of hydrogen-bond donors (Lipinski definition) is 0. The van der Waals surface area contributed by atoms with E-state index in [9.17, 15) is 0 Å². The quantitative estimate of drug-likeness (QED) is 0.801. The average Bonchev–Trinajstić information content (AvgIpc) is 2.89. The largest absolute Gasteiger partial charge is 0.478 e. The Labute approximate surface area is 107 Å². The maximum Gasteiger partial charge on any atom is 0.188 e. The van der Waals surface area contributed by atoms with Crippen molar-refractivity contribution in [2.45, 2.75) is 12.5 Å². The molecule has 1 aliphatic heterocycles. The van der Waals surface area contributed by atoms with E-state index in [1.54, 1.807) is 0 Å². The molecule has 0 saturated heterocycles. The molecule has 1 atom stereocenters. The summed E-state index contributed by atoms with van der Waals surface area (Å²) in [7, 11) is 0. The van der Waals surface area contributed by atoms with Gasteiger partial charge in [-0.2, -0.15) is 0 Å². The first-order chi connectivity index (χ1) is 8.92. The Bertz CT molecular complexity index is 534. The summed E-state index contributed by atoms with van der Waals surface area (Å²) in [5.41, 5.74) is 2.46. The molecule has 0 spiro atoms. The summed E-state index contributed by atoms with van der Waals surface area (Å²) in [6, 6.07) is 20.8. The topological polar surface area (TPSA) is 21.6 Å². The van der Waals surface area contributed by atoms with Crippen molar-refractivity contribution < 1.29 is 4.74 Å². The summed E-state index contributed by atoms with van der Waals surface area (Å²) >= 11 is 0. The van der Waals surface area contributed by atoms with Gasteiger partial charge >= 0.3 is 0 Å². The van der Waals surface area contributed by atoms with Gasteiger partial charge in [0.1, 0.15) is 12.6 Å². The lowest BCUT2D eigenvalue weighted by atomic mass is 10.1. The first-order valence-electron chi connectivity index (χ1n) is 6.20. The van der Waals surface area contributed by atoms with Crippen LogP contribution in [0.3, 0.4) is 0 Å². The molecular formula is C16H15NO. The van der Waals surface area contributed by atoms with E-state index in [4.69, 9.17) is 4.74 Å². The Morgan fingerprint density at radius 2 is 1.61 bits per heavy atom. The molecule has 0 bridgehead atoms. The lowest BCUT2D eigenvalue weighted by Crippen LogP contribution is -2.03. The second-order valence-corrected chi connectivity index (χ2v) is 4.42. The van der Waals surface area contributed by atoms with Crippen LogP contribution in [0.5, 0.6) is 0 Å². The van der Waals surface area contributed by atoms with E-state index in [-0.39, 0.29) is 6.04 Å². The maximum absolute atomic E-state index is 5.67. The molecule has 18 heavy (non-hydrogen) atoms. The highest BCUT2D eigenvalue weighted by Crippen LogP contribution is 2.23. The number of ether oxygens (including phenoxy) is 1. The minimum atomic E-state index is 0.157. The number of hydrogen-bond acceptors (Lipinski definition) is 2. The van der Waals surface area contributed by atoms with Gasteiger partial charge in [0.05, 0.1) is 0 Å². The molecule has 0 aliphatic carbocycles. The molecule has 0 amide bonds. The second kappa shape index (κ2) is 5.05. The number of rotatable bonds is 3. The molecule has 0 fully saturated rings. The van der Waals surface area contributed by atoms with Crippen molar-refractivity contribution in [1.29, 1.82) is 0 Å². The summed E-state index contributed by atoms with van der Waals surface area (Å²) in [6.07, 6.45) is 0.782. The summed E-state index contributed by atoms with van der Waals surface area (Å²) in [6.45, 7) is 0.659. The molecule has 0 saturated carbocycles. The highest BCUT2D eigenvalue weighted by molar-refractivity contribution is 5.80. The van der Waals surface area contributed by atoms with Gasteiger partial charge in [0, 0.05) is 6.42 Å². The Balaban J connectivity index is 1.73. The van der Waals surface area contributed by atoms with Gasteiger partial charge in [-0.1, -0.05) is 60.7 Å². The normalized spacial score (nSPS) is 18.2. The predicted molar refractivity (Wildman–Crippen MR) is 72.7 cm³/mol. The standard InChI is InChI=1S/C16H15NO/c1-3-7-13(8-4-1)11-16-17-15(12-18-16)14-9-5-2-6-10-14/h1-10,15H,11-12H2/t15-/m0/s1. The van der Waals surface area contributed by atoms with E-state index >= 15 is 0 Å². The molecule has 2 aromatic carbocycles. The van der Waals surface area contributed by atoms with Crippen LogP contribution in [0.2, 0.25) is 0 Å². The van der Waals surface area contributed by atoms with Crippen LogP contribution in [0.1, 0.15) is 17.2 Å². The zero-order valence-electron chi connectivity index (χ0n) is 10.1. The fourth-order valence-corrected chi connectivity index (χ4v) is 2.14. The lowest BCUT2D eigenvalue weighted by Gasteiger charge is -2.03. The van der Waals surface area contributed by atoms with Gasteiger partial charge in [0.25, 0.3) is 0 Å². The first kappa shape index (κ1) is 11.0. The zero-order valence-corrected chi connectivity index (χ0v) is 10.1. The Kier molecular flexibility index (Phi) is 3.09. The van der Waals surface area contributed by atoms with Gasteiger partial charge in [-0.3, -0.25) is 0 Å². The highest BCUT2D eigenvalue weighted by atomic mass is 16.5. The van der Waals surface area contributed by atoms with Crippen molar-refractivity contribution in [1.82, 2.24) is 0 Å². The third-order valence-electron chi connectivity index (χ3n) is 3.09. The molecule has 0 unspecified atom stereocenters. The van der Waals surface area contributed by atoms with Crippen LogP contribution < -0.4 is 0 Å². The fraction of sp³-hybridized carbons (Fsp3) is 0.188. The monoisotopic (exact) mass is 237 g/mol. The van der Waals surface area contributed by atoms with Gasteiger partial charge in [0.15, 0.2) is 5.90 Å². The summed E-state index contributed by atoms with van der Waals surface area (Å²) < 4.78 is 5.67. The van der Waals surface area contributed by atoms with E-state index in [1.807, 2.05) is 36.4 Å². The van der Waals surface area contributed by atoms with Crippen LogP contribution in [0.15, 0.2) is 65.7 Å². The molecule has 0 N–H and O–H groups in total. The van der Waals surface area contributed by atoms with Gasteiger partial charge in [-0.05, 0) is 11.1 Å². The fourth-order valence-electron chi connectivity index (χ4n) is 2.14. The third kappa shape index (κ3) is 2.43. The van der Waals surface area contributed by atoms with E-state index < -0.39 is 0 Å². The zero-order chi connectivity index (χ0) is 12.2. The molecule has 3 rings (SSSR count). The van der Waals surface area contributed by atoms with Crippen molar-refractivity contribution in [2.24, 2.45) is 4.99 Å². The van der Waals surface area contributed by atoms with Gasteiger partial charge in [0.2, 0.25) is 0 Å². The Morgan fingerprint density at radius 1 is 0.944 bits per heavy atom. The number of aliphatic imine (C=N–C) groups is 1. The molecule has 1 aliphatic rings. The first-order valence-corrected chi connectivity index (χ1v) is 6.20.